The van der Waals surface area contributed by atoms with Gasteiger partial charge in [0.2, 0.25) is 0 Å². The lowest BCUT2D eigenvalue weighted by molar-refractivity contribution is 0.0904. The van der Waals surface area contributed by atoms with Gasteiger partial charge in [0.25, 0.3) is 0 Å². The van der Waals surface area contributed by atoms with E-state index in [0.29, 0.717) is 11.8 Å². The molecule has 1 fully saturated rings. The highest BCUT2D eigenvalue weighted by molar-refractivity contribution is 5.57. The van der Waals surface area contributed by atoms with Gasteiger partial charge in [-0.25, -0.2) is 0 Å². The van der Waals surface area contributed by atoms with E-state index in [4.69, 9.17) is 4.74 Å². The summed E-state index contributed by atoms with van der Waals surface area (Å²) >= 11 is 0. The Morgan fingerprint density at radius 2 is 1.88 bits per heavy atom. The van der Waals surface area contributed by atoms with Crippen LogP contribution < -0.4 is 5.32 Å². The predicted octanol–water partition coefficient (Wildman–Crippen LogP) is 2.60. The zero-order chi connectivity index (χ0) is 11.5. The standard InChI is InChI=1S/C13H19NO2/c1-9-8-13(15)10(2)7-12(9)14-11-3-5-16-6-4-11/h7-8,11,14-15H,3-6H2,1-2H3. The summed E-state index contributed by atoms with van der Waals surface area (Å²) in [5.74, 6) is 0.370. The van der Waals surface area contributed by atoms with Crippen molar-refractivity contribution in [2.24, 2.45) is 0 Å². The van der Waals surface area contributed by atoms with Gasteiger partial charge in [0.1, 0.15) is 5.75 Å². The third kappa shape index (κ3) is 2.47. The average molecular weight is 221 g/mol. The van der Waals surface area contributed by atoms with E-state index in [1.165, 1.54) is 0 Å². The molecule has 0 atom stereocenters. The van der Waals surface area contributed by atoms with Crippen molar-refractivity contribution in [3.8, 4) is 5.75 Å². The molecule has 0 amide bonds. The maximum atomic E-state index is 9.58. The molecular formula is C13H19NO2. The molecular weight excluding hydrogens is 202 g/mol. The number of ether oxygens (including phenoxy) is 1. The zero-order valence-corrected chi connectivity index (χ0v) is 9.92. The Morgan fingerprint density at radius 3 is 2.56 bits per heavy atom. The number of benzene rings is 1. The fraction of sp³-hybridized carbons (Fsp3) is 0.538. The summed E-state index contributed by atoms with van der Waals surface area (Å²) in [6.45, 7) is 5.62. The van der Waals surface area contributed by atoms with E-state index >= 15 is 0 Å². The second-order valence-corrected chi connectivity index (χ2v) is 4.48. The van der Waals surface area contributed by atoms with Gasteiger partial charge in [-0.1, -0.05) is 0 Å². The maximum absolute atomic E-state index is 9.58. The van der Waals surface area contributed by atoms with Gasteiger partial charge in [0.15, 0.2) is 0 Å². The number of phenolic OH excluding ortho intramolecular Hbond substituents is 1. The Balaban J connectivity index is 2.11. The van der Waals surface area contributed by atoms with Crippen molar-refractivity contribution in [3.05, 3.63) is 23.3 Å². The van der Waals surface area contributed by atoms with Crippen molar-refractivity contribution >= 4 is 5.69 Å². The summed E-state index contributed by atoms with van der Waals surface area (Å²) in [5, 5.41) is 13.1. The molecule has 1 aliphatic rings. The van der Waals surface area contributed by atoms with Crippen LogP contribution in [0, 0.1) is 13.8 Å². The number of aryl methyl sites for hydroxylation is 2. The van der Waals surface area contributed by atoms with E-state index in [1.807, 2.05) is 26.0 Å². The highest BCUT2D eigenvalue weighted by Crippen LogP contribution is 2.26. The smallest absolute Gasteiger partial charge is 0.118 e. The number of hydrogen-bond donors (Lipinski definition) is 2. The van der Waals surface area contributed by atoms with E-state index in [-0.39, 0.29) is 0 Å². The molecule has 2 N–H and O–H groups in total. The molecule has 3 heteroatoms. The number of rotatable bonds is 2. The van der Waals surface area contributed by atoms with Crippen LogP contribution in [0.15, 0.2) is 12.1 Å². The lowest BCUT2D eigenvalue weighted by atomic mass is 10.1. The lowest BCUT2D eigenvalue weighted by Gasteiger charge is -2.25. The van der Waals surface area contributed by atoms with E-state index in [2.05, 4.69) is 5.32 Å². The molecule has 0 spiro atoms. The Bertz CT molecular complexity index is 370. The first-order valence-electron chi connectivity index (χ1n) is 5.81. The molecule has 0 saturated carbocycles. The van der Waals surface area contributed by atoms with Gasteiger partial charge in [-0.3, -0.25) is 0 Å². The van der Waals surface area contributed by atoms with E-state index in [9.17, 15) is 5.11 Å². The Labute approximate surface area is 96.4 Å². The molecule has 1 aromatic rings. The lowest BCUT2D eigenvalue weighted by Crippen LogP contribution is -2.28. The number of hydrogen-bond acceptors (Lipinski definition) is 3. The molecule has 3 nitrogen and oxygen atoms in total. The topological polar surface area (TPSA) is 41.5 Å². The minimum absolute atomic E-state index is 0.370. The van der Waals surface area contributed by atoms with Crippen molar-refractivity contribution < 1.29 is 9.84 Å². The minimum atomic E-state index is 0.370. The largest absolute Gasteiger partial charge is 0.508 e. The summed E-state index contributed by atoms with van der Waals surface area (Å²) in [4.78, 5) is 0. The van der Waals surface area contributed by atoms with E-state index < -0.39 is 0 Å². The van der Waals surface area contributed by atoms with Gasteiger partial charge >= 0.3 is 0 Å². The summed E-state index contributed by atoms with van der Waals surface area (Å²) in [5.41, 5.74) is 3.14. The number of nitrogens with one attached hydrogen (secondary N) is 1. The molecule has 1 aromatic carbocycles. The summed E-state index contributed by atoms with van der Waals surface area (Å²) < 4.78 is 5.33. The first-order chi connectivity index (χ1) is 7.66. The molecule has 0 unspecified atom stereocenters. The highest BCUT2D eigenvalue weighted by Gasteiger charge is 2.14. The molecule has 0 radical (unpaired) electrons. The molecule has 88 valence electrons. The Hall–Kier alpha value is -1.22. The molecule has 2 rings (SSSR count). The van der Waals surface area contributed by atoms with Crippen LogP contribution in [0.4, 0.5) is 5.69 Å². The van der Waals surface area contributed by atoms with Crippen LogP contribution in [-0.4, -0.2) is 24.4 Å². The molecule has 1 saturated heterocycles. The third-order valence-corrected chi connectivity index (χ3v) is 3.12. The molecule has 1 heterocycles. The van der Waals surface area contributed by atoms with Crippen molar-refractivity contribution in [2.45, 2.75) is 32.7 Å². The van der Waals surface area contributed by atoms with Crippen LogP contribution in [0.3, 0.4) is 0 Å². The van der Waals surface area contributed by atoms with Crippen LogP contribution in [0.2, 0.25) is 0 Å². The summed E-state index contributed by atoms with van der Waals surface area (Å²) in [6.07, 6.45) is 2.11. The van der Waals surface area contributed by atoms with Crippen molar-refractivity contribution in [1.82, 2.24) is 0 Å². The van der Waals surface area contributed by atoms with Gasteiger partial charge in [-0.05, 0) is 49.9 Å². The fourth-order valence-corrected chi connectivity index (χ4v) is 2.02. The normalized spacial score (nSPS) is 17.4. The number of aromatic hydroxyl groups is 1. The second kappa shape index (κ2) is 4.74. The number of phenols is 1. The Morgan fingerprint density at radius 1 is 1.19 bits per heavy atom. The second-order valence-electron chi connectivity index (χ2n) is 4.48. The molecule has 0 bridgehead atoms. The summed E-state index contributed by atoms with van der Waals surface area (Å²) in [7, 11) is 0. The van der Waals surface area contributed by atoms with E-state index in [1.54, 1.807) is 0 Å². The van der Waals surface area contributed by atoms with E-state index in [0.717, 1.165) is 42.9 Å². The van der Waals surface area contributed by atoms with Crippen molar-refractivity contribution in [2.75, 3.05) is 18.5 Å². The quantitative estimate of drug-likeness (QED) is 0.754. The van der Waals surface area contributed by atoms with Gasteiger partial charge in [-0.15, -0.1) is 0 Å². The average Bonchev–Trinajstić information content (AvgIpc) is 2.27. The van der Waals surface area contributed by atoms with Crippen LogP contribution >= 0.6 is 0 Å². The van der Waals surface area contributed by atoms with Crippen molar-refractivity contribution in [1.29, 1.82) is 0 Å². The Kier molecular flexibility index (Phi) is 3.34. The molecule has 1 aliphatic heterocycles. The van der Waals surface area contributed by atoms with Gasteiger partial charge in [0.05, 0.1) is 0 Å². The molecule has 0 aromatic heterocycles. The first kappa shape index (κ1) is 11.3. The van der Waals surface area contributed by atoms with Gasteiger partial charge in [-0.2, -0.15) is 0 Å². The maximum Gasteiger partial charge on any atom is 0.118 e. The van der Waals surface area contributed by atoms with Gasteiger partial charge < -0.3 is 15.2 Å². The highest BCUT2D eigenvalue weighted by atomic mass is 16.5. The monoisotopic (exact) mass is 221 g/mol. The molecule has 0 aliphatic carbocycles. The first-order valence-corrected chi connectivity index (χ1v) is 5.81. The van der Waals surface area contributed by atoms with Crippen LogP contribution in [0.5, 0.6) is 5.75 Å². The van der Waals surface area contributed by atoms with Gasteiger partial charge in [0, 0.05) is 24.9 Å². The van der Waals surface area contributed by atoms with Crippen LogP contribution in [0.1, 0.15) is 24.0 Å². The predicted molar refractivity (Wildman–Crippen MR) is 65.0 cm³/mol. The molecule has 16 heavy (non-hydrogen) atoms. The number of anilines is 1. The minimum Gasteiger partial charge on any atom is -0.508 e. The van der Waals surface area contributed by atoms with Crippen molar-refractivity contribution in [3.63, 3.8) is 0 Å². The van der Waals surface area contributed by atoms with Crippen LogP contribution in [0.25, 0.3) is 0 Å². The third-order valence-electron chi connectivity index (χ3n) is 3.12. The fourth-order valence-electron chi connectivity index (χ4n) is 2.02. The summed E-state index contributed by atoms with van der Waals surface area (Å²) in [6, 6.07) is 4.33. The zero-order valence-electron chi connectivity index (χ0n) is 9.92. The van der Waals surface area contributed by atoms with Crippen LogP contribution in [-0.2, 0) is 4.74 Å². The SMILES string of the molecule is Cc1cc(NC2CCOCC2)c(C)cc1O.